The Balaban J connectivity index is 1.50. The van der Waals surface area contributed by atoms with Gasteiger partial charge in [-0.25, -0.2) is 0 Å². The predicted octanol–water partition coefficient (Wildman–Crippen LogP) is 2.23. The molecule has 0 saturated carbocycles. The highest BCUT2D eigenvalue weighted by atomic mass is 16.7. The predicted molar refractivity (Wildman–Crippen MR) is 95.2 cm³/mol. The van der Waals surface area contributed by atoms with E-state index >= 15 is 0 Å². The van der Waals surface area contributed by atoms with Crippen LogP contribution in [-0.4, -0.2) is 25.2 Å². The number of hydrogen-bond acceptors (Lipinski definition) is 5. The topological polar surface area (TPSA) is 85.9 Å². The molecule has 7 nitrogen and oxygen atoms in total. The molecule has 2 aromatic rings. The third-order valence-electron chi connectivity index (χ3n) is 3.58. The van der Waals surface area contributed by atoms with Gasteiger partial charge in [-0.3, -0.25) is 9.59 Å². The van der Waals surface area contributed by atoms with E-state index in [0.717, 1.165) is 5.56 Å². The van der Waals surface area contributed by atoms with Gasteiger partial charge in [0, 0.05) is 12.2 Å². The number of rotatable bonds is 6. The lowest BCUT2D eigenvalue weighted by Gasteiger charge is -2.08. The van der Waals surface area contributed by atoms with Crippen LogP contribution in [0.2, 0.25) is 0 Å². The molecular weight excluding hydrogens is 336 g/mol. The zero-order valence-corrected chi connectivity index (χ0v) is 14.0. The summed E-state index contributed by atoms with van der Waals surface area (Å²) >= 11 is 0. The van der Waals surface area contributed by atoms with Crippen molar-refractivity contribution >= 4 is 17.5 Å². The van der Waals surface area contributed by atoms with Gasteiger partial charge in [0.05, 0.1) is 0 Å². The number of amides is 2. The van der Waals surface area contributed by atoms with Crippen molar-refractivity contribution in [3.8, 4) is 17.2 Å². The van der Waals surface area contributed by atoms with Crippen molar-refractivity contribution in [2.75, 3.05) is 18.7 Å². The summed E-state index contributed by atoms with van der Waals surface area (Å²) < 4.78 is 15.9. The molecule has 2 amide bonds. The van der Waals surface area contributed by atoms with Crippen molar-refractivity contribution in [2.24, 2.45) is 0 Å². The summed E-state index contributed by atoms with van der Waals surface area (Å²) in [4.78, 5) is 23.9. The number of carbonyl (C=O) groups is 2. The highest BCUT2D eigenvalue weighted by Crippen LogP contribution is 2.32. The molecule has 134 valence electrons. The number of anilines is 1. The quantitative estimate of drug-likeness (QED) is 0.614. The van der Waals surface area contributed by atoms with Crippen LogP contribution in [0.15, 0.2) is 55.1 Å². The van der Waals surface area contributed by atoms with E-state index in [1.54, 1.807) is 48.5 Å². The summed E-state index contributed by atoms with van der Waals surface area (Å²) in [6.07, 6.45) is 1.64. The third-order valence-corrected chi connectivity index (χ3v) is 3.58. The summed E-state index contributed by atoms with van der Waals surface area (Å²) in [7, 11) is 0. The van der Waals surface area contributed by atoms with Crippen LogP contribution in [0, 0.1) is 0 Å². The third kappa shape index (κ3) is 4.32. The fourth-order valence-electron chi connectivity index (χ4n) is 2.29. The number of ether oxygens (including phenoxy) is 3. The van der Waals surface area contributed by atoms with Gasteiger partial charge in [0.2, 0.25) is 6.79 Å². The van der Waals surface area contributed by atoms with Crippen molar-refractivity contribution in [3.63, 3.8) is 0 Å². The average molecular weight is 354 g/mol. The maximum absolute atomic E-state index is 12.0. The molecule has 0 spiro atoms. The Hall–Kier alpha value is -3.48. The van der Waals surface area contributed by atoms with Crippen molar-refractivity contribution < 1.29 is 23.8 Å². The normalized spacial score (nSPS) is 11.5. The first-order valence-electron chi connectivity index (χ1n) is 7.97. The van der Waals surface area contributed by atoms with Crippen LogP contribution in [0.25, 0.3) is 0 Å². The lowest BCUT2D eigenvalue weighted by Crippen LogP contribution is -2.34. The molecule has 0 bridgehead atoms. The number of hydrogen-bond donors (Lipinski definition) is 2. The average Bonchev–Trinajstić information content (AvgIpc) is 3.13. The van der Waals surface area contributed by atoms with Gasteiger partial charge in [-0.1, -0.05) is 18.7 Å². The molecule has 0 aromatic heterocycles. The van der Waals surface area contributed by atoms with Gasteiger partial charge >= 0.3 is 11.8 Å². The van der Waals surface area contributed by atoms with E-state index < -0.39 is 11.8 Å². The number of nitrogens with one attached hydrogen (secondary N) is 2. The van der Waals surface area contributed by atoms with Crippen molar-refractivity contribution in [2.45, 2.75) is 6.54 Å². The second-order valence-electron chi connectivity index (χ2n) is 5.45. The largest absolute Gasteiger partial charge is 0.490 e. The van der Waals surface area contributed by atoms with Gasteiger partial charge in [0.25, 0.3) is 0 Å². The van der Waals surface area contributed by atoms with E-state index in [1.807, 2.05) is 0 Å². The fraction of sp³-hybridized carbons (Fsp3) is 0.158. The highest BCUT2D eigenvalue weighted by molar-refractivity contribution is 6.39. The Kier molecular flexibility index (Phi) is 5.38. The minimum Gasteiger partial charge on any atom is -0.490 e. The molecule has 2 aromatic carbocycles. The van der Waals surface area contributed by atoms with Gasteiger partial charge in [0.1, 0.15) is 12.4 Å². The molecule has 3 rings (SSSR count). The van der Waals surface area contributed by atoms with E-state index in [9.17, 15) is 9.59 Å². The number of carbonyl (C=O) groups excluding carboxylic acids is 2. The molecule has 26 heavy (non-hydrogen) atoms. The van der Waals surface area contributed by atoms with Crippen LogP contribution in [0.3, 0.4) is 0 Å². The number of benzene rings is 2. The highest BCUT2D eigenvalue weighted by Gasteiger charge is 2.16. The summed E-state index contributed by atoms with van der Waals surface area (Å²) in [5.74, 6) is 0.466. The Morgan fingerprint density at radius 2 is 1.85 bits per heavy atom. The first-order chi connectivity index (χ1) is 12.7. The molecular formula is C19H18N2O5. The maximum Gasteiger partial charge on any atom is 0.313 e. The minimum atomic E-state index is -0.745. The van der Waals surface area contributed by atoms with E-state index in [1.165, 1.54) is 0 Å². The molecule has 0 atom stereocenters. The first kappa shape index (κ1) is 17.3. The fourth-order valence-corrected chi connectivity index (χ4v) is 2.29. The Morgan fingerprint density at radius 1 is 1.08 bits per heavy atom. The summed E-state index contributed by atoms with van der Waals surface area (Å²) in [5.41, 5.74) is 1.30. The number of fused-ring (bicyclic) bond motifs is 1. The maximum atomic E-state index is 12.0. The molecule has 0 saturated heterocycles. The smallest absolute Gasteiger partial charge is 0.313 e. The monoisotopic (exact) mass is 354 g/mol. The molecule has 2 N–H and O–H groups in total. The van der Waals surface area contributed by atoms with Crippen LogP contribution >= 0.6 is 0 Å². The van der Waals surface area contributed by atoms with Crippen LogP contribution in [0.1, 0.15) is 5.56 Å². The molecule has 0 fully saturated rings. The molecule has 0 radical (unpaired) electrons. The molecule has 7 heteroatoms. The van der Waals surface area contributed by atoms with Gasteiger partial charge in [0.15, 0.2) is 11.5 Å². The standard InChI is InChI=1S/C19H18N2O5/c1-2-9-24-15-6-4-14(5-7-15)21-19(23)18(22)20-11-13-3-8-16-17(10-13)26-12-25-16/h2-8,10H,1,9,11-12H2,(H,20,22)(H,21,23). The lowest BCUT2D eigenvalue weighted by molar-refractivity contribution is -0.136. The summed E-state index contributed by atoms with van der Waals surface area (Å²) in [6.45, 7) is 4.36. The molecule has 0 aliphatic carbocycles. The Labute approximate surface area is 150 Å². The second-order valence-corrected chi connectivity index (χ2v) is 5.45. The van der Waals surface area contributed by atoms with E-state index in [4.69, 9.17) is 14.2 Å². The first-order valence-corrected chi connectivity index (χ1v) is 7.97. The van der Waals surface area contributed by atoms with Gasteiger partial charge < -0.3 is 24.8 Å². The van der Waals surface area contributed by atoms with Gasteiger partial charge in [-0.15, -0.1) is 0 Å². The molecule has 1 aliphatic heterocycles. The Morgan fingerprint density at radius 3 is 2.62 bits per heavy atom. The van der Waals surface area contributed by atoms with Crippen molar-refractivity contribution in [1.29, 1.82) is 0 Å². The van der Waals surface area contributed by atoms with Gasteiger partial charge in [-0.05, 0) is 42.0 Å². The summed E-state index contributed by atoms with van der Waals surface area (Å²) in [5, 5.41) is 5.10. The van der Waals surface area contributed by atoms with Crippen LogP contribution in [0.4, 0.5) is 5.69 Å². The zero-order chi connectivity index (χ0) is 18.4. The van der Waals surface area contributed by atoms with E-state index in [2.05, 4.69) is 17.2 Å². The van der Waals surface area contributed by atoms with Crippen molar-refractivity contribution in [1.82, 2.24) is 5.32 Å². The zero-order valence-electron chi connectivity index (χ0n) is 14.0. The molecule has 0 unspecified atom stereocenters. The lowest BCUT2D eigenvalue weighted by atomic mass is 10.2. The second kappa shape index (κ2) is 8.06. The van der Waals surface area contributed by atoms with Crippen molar-refractivity contribution in [3.05, 3.63) is 60.7 Å². The summed E-state index contributed by atoms with van der Waals surface area (Å²) in [6, 6.07) is 12.0. The van der Waals surface area contributed by atoms with Crippen LogP contribution in [0.5, 0.6) is 17.2 Å². The molecule has 1 heterocycles. The van der Waals surface area contributed by atoms with Crippen LogP contribution < -0.4 is 24.8 Å². The Bertz CT molecular complexity index is 817. The SMILES string of the molecule is C=CCOc1ccc(NC(=O)C(=O)NCc2ccc3c(c2)OCO3)cc1. The van der Waals surface area contributed by atoms with E-state index in [0.29, 0.717) is 29.5 Å². The van der Waals surface area contributed by atoms with Crippen LogP contribution in [-0.2, 0) is 16.1 Å². The molecule has 1 aliphatic rings. The van der Waals surface area contributed by atoms with Gasteiger partial charge in [-0.2, -0.15) is 0 Å². The van der Waals surface area contributed by atoms with E-state index in [-0.39, 0.29) is 13.3 Å². The minimum absolute atomic E-state index is 0.185.